The van der Waals surface area contributed by atoms with Crippen molar-refractivity contribution < 1.29 is 19.4 Å². The third-order valence-electron chi connectivity index (χ3n) is 1.61. The highest BCUT2D eigenvalue weighted by molar-refractivity contribution is 8.45. The van der Waals surface area contributed by atoms with Crippen LogP contribution < -0.4 is 11.3 Å². The number of halogens is 7. The molecule has 0 bridgehead atoms. The number of anilines is 1. The standard InChI is InChI=1S/C6H5Cl2F5N2S/c7-4-1-3(16(9,10,11,12)13)2-5(8)6(4)15-14/h1-2,15H,14H2. The summed E-state index contributed by atoms with van der Waals surface area (Å²) < 4.78 is 61.9. The van der Waals surface area contributed by atoms with Gasteiger partial charge >= 0.3 is 10.2 Å². The molecule has 0 aromatic heterocycles. The number of hydrogen-bond donors (Lipinski definition) is 2. The van der Waals surface area contributed by atoms with Crippen LogP contribution >= 0.6 is 33.4 Å². The van der Waals surface area contributed by atoms with Crippen LogP contribution in [0.3, 0.4) is 0 Å². The van der Waals surface area contributed by atoms with Crippen LogP contribution in [-0.2, 0) is 0 Å². The van der Waals surface area contributed by atoms with Gasteiger partial charge < -0.3 is 5.43 Å². The fraction of sp³-hybridized carbons (Fsp3) is 0. The van der Waals surface area contributed by atoms with Gasteiger partial charge in [0.05, 0.1) is 15.7 Å². The molecule has 1 rings (SSSR count). The topological polar surface area (TPSA) is 38.0 Å². The molecule has 0 unspecified atom stereocenters. The number of hydrazine groups is 1. The zero-order valence-electron chi connectivity index (χ0n) is 7.29. The molecule has 0 saturated heterocycles. The first-order valence-corrected chi connectivity index (χ1v) is 6.25. The summed E-state index contributed by atoms with van der Waals surface area (Å²) in [7, 11) is -9.77. The van der Waals surface area contributed by atoms with E-state index in [4.69, 9.17) is 29.0 Å². The second-order valence-corrected chi connectivity index (χ2v) is 6.10. The van der Waals surface area contributed by atoms with Crippen molar-refractivity contribution in [2.75, 3.05) is 5.43 Å². The predicted octanol–water partition coefficient (Wildman–Crippen LogP) is 4.94. The van der Waals surface area contributed by atoms with E-state index in [0.717, 1.165) is 0 Å². The number of hydrogen-bond acceptors (Lipinski definition) is 2. The van der Waals surface area contributed by atoms with Crippen molar-refractivity contribution in [2.24, 2.45) is 5.84 Å². The van der Waals surface area contributed by atoms with Gasteiger partial charge in [-0.2, -0.15) is 0 Å². The maximum absolute atomic E-state index is 12.4. The smallest absolute Gasteiger partial charge is 0.310 e. The van der Waals surface area contributed by atoms with E-state index in [1.54, 1.807) is 0 Å². The highest BCUT2D eigenvalue weighted by atomic mass is 35.5. The Bertz CT molecular complexity index is 422. The summed E-state index contributed by atoms with van der Waals surface area (Å²) in [4.78, 5) is -2.16. The molecular weight excluding hydrogens is 298 g/mol. The molecular formula is C6H5Cl2F5N2S. The lowest BCUT2D eigenvalue weighted by Crippen LogP contribution is -2.10. The van der Waals surface area contributed by atoms with Gasteiger partial charge in [-0.1, -0.05) is 42.6 Å². The Balaban J connectivity index is 3.54. The minimum absolute atomic E-state index is 0.0736. The molecule has 0 amide bonds. The lowest BCUT2D eigenvalue weighted by atomic mass is 10.3. The predicted molar refractivity (Wildman–Crippen MR) is 55.7 cm³/mol. The van der Waals surface area contributed by atoms with Gasteiger partial charge in [0.2, 0.25) is 0 Å². The van der Waals surface area contributed by atoms with Crippen LogP contribution in [0.25, 0.3) is 0 Å². The lowest BCUT2D eigenvalue weighted by Gasteiger charge is -2.40. The van der Waals surface area contributed by atoms with E-state index in [9.17, 15) is 19.4 Å². The fourth-order valence-corrected chi connectivity index (χ4v) is 2.32. The molecule has 0 aliphatic carbocycles. The largest absolute Gasteiger partial charge is 0.321 e. The van der Waals surface area contributed by atoms with Gasteiger partial charge in [-0.3, -0.25) is 5.84 Å². The van der Waals surface area contributed by atoms with Crippen LogP contribution in [0.15, 0.2) is 17.0 Å². The van der Waals surface area contributed by atoms with Crippen LogP contribution in [0.1, 0.15) is 0 Å². The second-order valence-electron chi connectivity index (χ2n) is 2.88. The number of nitrogens with one attached hydrogen (secondary N) is 1. The minimum Gasteiger partial charge on any atom is -0.321 e. The van der Waals surface area contributed by atoms with Crippen molar-refractivity contribution in [3.63, 3.8) is 0 Å². The molecule has 0 fully saturated rings. The molecule has 0 saturated carbocycles. The van der Waals surface area contributed by atoms with Crippen molar-refractivity contribution >= 4 is 39.1 Å². The molecule has 0 spiro atoms. The minimum atomic E-state index is -9.77. The molecule has 16 heavy (non-hydrogen) atoms. The molecule has 2 nitrogen and oxygen atoms in total. The van der Waals surface area contributed by atoms with Gasteiger partial charge in [-0.05, 0) is 12.1 Å². The summed E-state index contributed by atoms with van der Waals surface area (Å²) in [5, 5.41) is -1.28. The van der Waals surface area contributed by atoms with Crippen molar-refractivity contribution in [1.82, 2.24) is 0 Å². The zero-order chi connectivity index (χ0) is 12.8. The van der Waals surface area contributed by atoms with Gasteiger partial charge in [0.1, 0.15) is 4.90 Å². The van der Waals surface area contributed by atoms with Gasteiger partial charge in [-0.25, -0.2) is 0 Å². The van der Waals surface area contributed by atoms with E-state index in [1.165, 1.54) is 0 Å². The average Bonchev–Trinajstić information content (AvgIpc) is 1.99. The highest BCUT2D eigenvalue weighted by Gasteiger charge is 2.65. The van der Waals surface area contributed by atoms with Crippen LogP contribution in [-0.4, -0.2) is 0 Å². The Hall–Kier alpha value is -0.440. The first kappa shape index (κ1) is 13.6. The molecule has 1 aromatic carbocycles. The van der Waals surface area contributed by atoms with E-state index in [0.29, 0.717) is 0 Å². The Morgan fingerprint density at radius 2 is 1.38 bits per heavy atom. The summed E-state index contributed by atoms with van der Waals surface area (Å²) in [5.41, 5.74) is 1.65. The summed E-state index contributed by atoms with van der Waals surface area (Å²) in [6, 6.07) is 0.147. The van der Waals surface area contributed by atoms with Crippen LogP contribution in [0.2, 0.25) is 10.0 Å². The monoisotopic (exact) mass is 302 g/mol. The normalized spacial score (nSPS) is 16.5. The zero-order valence-corrected chi connectivity index (χ0v) is 9.61. The maximum Gasteiger partial charge on any atom is 0.310 e. The maximum atomic E-state index is 12.4. The van der Waals surface area contributed by atoms with Crippen molar-refractivity contribution in [3.8, 4) is 0 Å². The number of benzene rings is 1. The van der Waals surface area contributed by atoms with Crippen molar-refractivity contribution in [3.05, 3.63) is 22.2 Å². The first-order valence-electron chi connectivity index (χ1n) is 3.55. The molecule has 0 aliphatic rings. The number of rotatable bonds is 2. The molecule has 10 heteroatoms. The molecule has 94 valence electrons. The van der Waals surface area contributed by atoms with Crippen LogP contribution in [0.5, 0.6) is 0 Å². The number of nitrogens with two attached hydrogens (primary N) is 1. The van der Waals surface area contributed by atoms with Gasteiger partial charge in [0.15, 0.2) is 0 Å². The van der Waals surface area contributed by atoms with Crippen LogP contribution in [0, 0.1) is 0 Å². The average molecular weight is 303 g/mol. The van der Waals surface area contributed by atoms with E-state index in [2.05, 4.69) is 0 Å². The Morgan fingerprint density at radius 3 is 1.62 bits per heavy atom. The van der Waals surface area contributed by atoms with E-state index in [1.807, 2.05) is 5.43 Å². The SMILES string of the molecule is NNc1c(Cl)cc(S(F)(F)(F)(F)F)cc1Cl. The second kappa shape index (κ2) is 3.06. The fourth-order valence-electron chi connectivity index (χ4n) is 0.910. The third kappa shape index (κ3) is 2.82. The quantitative estimate of drug-likeness (QED) is 0.461. The molecule has 0 aliphatic heterocycles. The van der Waals surface area contributed by atoms with Crippen LogP contribution in [0.4, 0.5) is 25.1 Å². The molecule has 0 radical (unpaired) electrons. The number of nitrogen functional groups attached to an aromatic ring is 1. The summed E-state index contributed by atoms with van der Waals surface area (Å²) in [5.74, 6) is 4.90. The molecule has 0 atom stereocenters. The lowest BCUT2D eigenvalue weighted by molar-refractivity contribution is 0.364. The Morgan fingerprint density at radius 1 is 1.00 bits per heavy atom. The highest BCUT2D eigenvalue weighted by Crippen LogP contribution is 3.02. The summed E-state index contributed by atoms with van der Waals surface area (Å²) in [6.07, 6.45) is 0. The molecule has 0 heterocycles. The van der Waals surface area contributed by atoms with Gasteiger partial charge in [-0.15, -0.1) is 0 Å². The molecule has 1 aromatic rings. The summed E-state index contributed by atoms with van der Waals surface area (Å²) in [6.45, 7) is 0. The van der Waals surface area contributed by atoms with Crippen molar-refractivity contribution in [1.29, 1.82) is 0 Å². The van der Waals surface area contributed by atoms with E-state index in [-0.39, 0.29) is 17.8 Å². The molecule has 3 N–H and O–H groups in total. The van der Waals surface area contributed by atoms with Crippen molar-refractivity contribution in [2.45, 2.75) is 4.90 Å². The van der Waals surface area contributed by atoms with E-state index >= 15 is 0 Å². The Kier molecular flexibility index (Phi) is 2.61. The van der Waals surface area contributed by atoms with Gasteiger partial charge in [0.25, 0.3) is 0 Å². The Labute approximate surface area is 97.2 Å². The van der Waals surface area contributed by atoms with E-state index < -0.39 is 25.2 Å². The summed E-state index contributed by atoms with van der Waals surface area (Å²) >= 11 is 10.6. The third-order valence-corrected chi connectivity index (χ3v) is 3.33. The van der Waals surface area contributed by atoms with Gasteiger partial charge in [0, 0.05) is 0 Å². The first-order chi connectivity index (χ1) is 6.85.